The fraction of sp³-hybridized carbons (Fsp3) is 0.0714. The lowest BCUT2D eigenvalue weighted by atomic mass is 10.2. The zero-order valence-corrected chi connectivity index (χ0v) is 9.96. The van der Waals surface area contributed by atoms with Crippen LogP contribution in [0.1, 0.15) is 5.56 Å². The molecule has 0 atom stereocenters. The molecule has 19 heavy (non-hydrogen) atoms. The first kappa shape index (κ1) is 13.0. The smallest absolute Gasteiger partial charge is 0.387 e. The van der Waals surface area contributed by atoms with Crippen molar-refractivity contribution in [1.82, 2.24) is 0 Å². The first-order valence-electron chi connectivity index (χ1n) is 5.63. The Labute approximate surface area is 109 Å². The zero-order valence-electron chi connectivity index (χ0n) is 9.96. The van der Waals surface area contributed by atoms with E-state index in [9.17, 15) is 8.78 Å². The maximum atomic E-state index is 12.1. The molecule has 0 saturated carbocycles. The van der Waals surface area contributed by atoms with Crippen LogP contribution in [0.4, 0.5) is 14.5 Å². The lowest BCUT2D eigenvalue weighted by Gasteiger charge is -2.04. The average molecular weight is 262 g/mol. The Bertz CT molecular complexity index is 544. The van der Waals surface area contributed by atoms with Crippen LogP contribution in [0.15, 0.2) is 59.7 Å². The molecule has 0 aliphatic rings. The number of para-hydroxylation sites is 1. The molecule has 0 aliphatic carbocycles. The number of alkyl halides is 2. The summed E-state index contributed by atoms with van der Waals surface area (Å²) < 4.78 is 28.4. The molecule has 2 rings (SSSR count). The molecule has 0 heterocycles. The van der Waals surface area contributed by atoms with Gasteiger partial charge in [0.25, 0.3) is 0 Å². The van der Waals surface area contributed by atoms with Gasteiger partial charge >= 0.3 is 6.61 Å². The highest BCUT2D eigenvalue weighted by Crippen LogP contribution is 2.15. The van der Waals surface area contributed by atoms with Crippen molar-refractivity contribution in [2.24, 2.45) is 5.10 Å². The van der Waals surface area contributed by atoms with Gasteiger partial charge in [-0.15, -0.1) is 0 Å². The Morgan fingerprint density at radius 3 is 2.58 bits per heavy atom. The number of nitrogens with zero attached hydrogens (tertiary/aromatic N) is 1. The van der Waals surface area contributed by atoms with E-state index in [-0.39, 0.29) is 5.75 Å². The van der Waals surface area contributed by atoms with Crippen molar-refractivity contribution >= 4 is 11.9 Å². The molecule has 0 amide bonds. The average Bonchev–Trinajstić information content (AvgIpc) is 2.40. The molecule has 3 nitrogen and oxygen atoms in total. The lowest BCUT2D eigenvalue weighted by molar-refractivity contribution is -0.0498. The highest BCUT2D eigenvalue weighted by atomic mass is 19.3. The highest BCUT2D eigenvalue weighted by Gasteiger charge is 2.03. The van der Waals surface area contributed by atoms with Crippen LogP contribution in [0.2, 0.25) is 0 Å². The quantitative estimate of drug-likeness (QED) is 0.658. The first-order valence-corrected chi connectivity index (χ1v) is 5.63. The van der Waals surface area contributed by atoms with Crippen LogP contribution < -0.4 is 10.2 Å². The molecule has 0 aromatic heterocycles. The van der Waals surface area contributed by atoms with Crippen LogP contribution in [-0.2, 0) is 0 Å². The van der Waals surface area contributed by atoms with Gasteiger partial charge < -0.3 is 4.74 Å². The minimum atomic E-state index is -2.82. The minimum Gasteiger partial charge on any atom is -0.435 e. The van der Waals surface area contributed by atoms with Crippen molar-refractivity contribution in [1.29, 1.82) is 0 Å². The fourth-order valence-electron chi connectivity index (χ4n) is 1.47. The van der Waals surface area contributed by atoms with E-state index in [1.807, 2.05) is 30.3 Å². The molecule has 2 aromatic carbocycles. The van der Waals surface area contributed by atoms with Gasteiger partial charge in [-0.05, 0) is 29.8 Å². The van der Waals surface area contributed by atoms with Crippen LogP contribution in [0.5, 0.6) is 5.75 Å². The van der Waals surface area contributed by atoms with E-state index in [1.165, 1.54) is 18.3 Å². The van der Waals surface area contributed by atoms with Crippen LogP contribution in [0, 0.1) is 0 Å². The van der Waals surface area contributed by atoms with Crippen LogP contribution in [-0.4, -0.2) is 12.8 Å². The molecule has 0 bridgehead atoms. The summed E-state index contributed by atoms with van der Waals surface area (Å²) in [7, 11) is 0. The van der Waals surface area contributed by atoms with E-state index in [2.05, 4.69) is 15.3 Å². The number of ether oxygens (including phenoxy) is 1. The normalized spacial score (nSPS) is 10.9. The topological polar surface area (TPSA) is 33.6 Å². The van der Waals surface area contributed by atoms with E-state index in [1.54, 1.807) is 12.1 Å². The van der Waals surface area contributed by atoms with Gasteiger partial charge in [-0.3, -0.25) is 5.43 Å². The summed E-state index contributed by atoms with van der Waals surface area (Å²) in [4.78, 5) is 0. The molecule has 0 radical (unpaired) electrons. The van der Waals surface area contributed by atoms with Crippen LogP contribution in [0.25, 0.3) is 0 Å². The predicted molar refractivity (Wildman–Crippen MR) is 70.7 cm³/mol. The number of hydrogen-bond donors (Lipinski definition) is 1. The van der Waals surface area contributed by atoms with E-state index in [4.69, 9.17) is 0 Å². The van der Waals surface area contributed by atoms with Crippen LogP contribution >= 0.6 is 0 Å². The summed E-state index contributed by atoms with van der Waals surface area (Å²) in [5, 5.41) is 4.01. The number of benzene rings is 2. The summed E-state index contributed by atoms with van der Waals surface area (Å²) >= 11 is 0. The maximum absolute atomic E-state index is 12.1. The Hall–Kier alpha value is -2.43. The molecule has 1 N–H and O–H groups in total. The number of halogens is 2. The second kappa shape index (κ2) is 6.49. The molecule has 0 spiro atoms. The molecular formula is C14H12F2N2O. The van der Waals surface area contributed by atoms with Gasteiger partial charge in [0.2, 0.25) is 0 Å². The summed E-state index contributed by atoms with van der Waals surface area (Å²) in [5.74, 6) is 0.110. The second-order valence-corrected chi connectivity index (χ2v) is 3.69. The molecule has 0 fully saturated rings. The fourth-order valence-corrected chi connectivity index (χ4v) is 1.47. The van der Waals surface area contributed by atoms with Gasteiger partial charge in [0.15, 0.2) is 0 Å². The lowest BCUT2D eigenvalue weighted by Crippen LogP contribution is -2.02. The van der Waals surface area contributed by atoms with Crippen LogP contribution in [0.3, 0.4) is 0 Å². The van der Waals surface area contributed by atoms with Crippen molar-refractivity contribution in [3.63, 3.8) is 0 Å². The third kappa shape index (κ3) is 4.39. The van der Waals surface area contributed by atoms with Gasteiger partial charge in [0, 0.05) is 0 Å². The number of hydrogen-bond acceptors (Lipinski definition) is 3. The summed E-state index contributed by atoms with van der Waals surface area (Å²) in [6.45, 7) is -2.82. The van der Waals surface area contributed by atoms with Crippen molar-refractivity contribution in [2.45, 2.75) is 6.61 Å². The summed E-state index contributed by atoms with van der Waals surface area (Å²) in [6, 6.07) is 15.7. The van der Waals surface area contributed by atoms with E-state index in [0.29, 0.717) is 5.56 Å². The standard InChI is InChI=1S/C14H12F2N2O/c15-14(16)19-13-8-4-5-11(9-13)10-17-18-12-6-2-1-3-7-12/h1-10,14,18H/b17-10+. The monoisotopic (exact) mass is 262 g/mol. The van der Waals surface area contributed by atoms with Crippen molar-refractivity contribution in [2.75, 3.05) is 5.43 Å². The number of rotatable bonds is 5. The number of hydrazone groups is 1. The van der Waals surface area contributed by atoms with E-state index >= 15 is 0 Å². The van der Waals surface area contributed by atoms with Gasteiger partial charge in [0.05, 0.1) is 11.9 Å². The third-order valence-corrected chi connectivity index (χ3v) is 2.26. The van der Waals surface area contributed by atoms with Crippen molar-refractivity contribution in [3.8, 4) is 5.75 Å². The highest BCUT2D eigenvalue weighted by molar-refractivity contribution is 5.80. The SMILES string of the molecule is FC(F)Oc1cccc(/C=N/Nc2ccccc2)c1. The maximum Gasteiger partial charge on any atom is 0.387 e. The Kier molecular flexibility index (Phi) is 4.44. The molecule has 98 valence electrons. The Balaban J connectivity index is 1.99. The minimum absolute atomic E-state index is 0.110. The Morgan fingerprint density at radius 1 is 1.05 bits per heavy atom. The van der Waals surface area contributed by atoms with Crippen molar-refractivity contribution < 1.29 is 13.5 Å². The number of nitrogens with one attached hydrogen (secondary N) is 1. The molecule has 0 saturated heterocycles. The number of anilines is 1. The van der Waals surface area contributed by atoms with Gasteiger partial charge in [-0.1, -0.05) is 30.3 Å². The zero-order chi connectivity index (χ0) is 13.5. The molecule has 0 aliphatic heterocycles. The van der Waals surface area contributed by atoms with Gasteiger partial charge in [0.1, 0.15) is 5.75 Å². The van der Waals surface area contributed by atoms with Crippen molar-refractivity contribution in [3.05, 3.63) is 60.2 Å². The molecule has 2 aromatic rings. The van der Waals surface area contributed by atoms with E-state index in [0.717, 1.165) is 5.69 Å². The van der Waals surface area contributed by atoms with Gasteiger partial charge in [-0.2, -0.15) is 13.9 Å². The van der Waals surface area contributed by atoms with E-state index < -0.39 is 6.61 Å². The first-order chi connectivity index (χ1) is 9.24. The Morgan fingerprint density at radius 2 is 1.84 bits per heavy atom. The molecule has 0 unspecified atom stereocenters. The predicted octanol–water partition coefficient (Wildman–Crippen LogP) is 3.73. The molecular weight excluding hydrogens is 250 g/mol. The third-order valence-electron chi connectivity index (χ3n) is 2.26. The molecule has 5 heteroatoms. The largest absolute Gasteiger partial charge is 0.435 e. The summed E-state index contributed by atoms with van der Waals surface area (Å²) in [5.41, 5.74) is 4.35. The summed E-state index contributed by atoms with van der Waals surface area (Å²) in [6.07, 6.45) is 1.53. The van der Waals surface area contributed by atoms with Gasteiger partial charge in [-0.25, -0.2) is 0 Å². The second-order valence-electron chi connectivity index (χ2n) is 3.69.